The van der Waals surface area contributed by atoms with Gasteiger partial charge < -0.3 is 24.7 Å². The van der Waals surface area contributed by atoms with E-state index in [0.717, 1.165) is 86.1 Å². The van der Waals surface area contributed by atoms with Crippen LogP contribution in [0.4, 0.5) is 11.6 Å². The summed E-state index contributed by atoms with van der Waals surface area (Å²) in [7, 11) is 0. The van der Waals surface area contributed by atoms with Crippen LogP contribution < -0.4 is 15.0 Å². The van der Waals surface area contributed by atoms with Crippen LogP contribution in [0.25, 0.3) is 22.6 Å². The van der Waals surface area contributed by atoms with E-state index in [1.807, 2.05) is 78.3 Å². The average Bonchev–Trinajstić information content (AvgIpc) is 3.70. The third kappa shape index (κ3) is 6.54. The Morgan fingerprint density at radius 2 is 1.82 bits per heavy atom. The Morgan fingerprint density at radius 1 is 1.02 bits per heavy atom. The fourth-order valence-corrected chi connectivity index (χ4v) is 6.19. The minimum atomic E-state index is -0.262. The maximum Gasteiger partial charge on any atom is 0.258 e. The molecule has 0 spiro atoms. The summed E-state index contributed by atoms with van der Waals surface area (Å²) in [6.45, 7) is 8.68. The molecular weight excluding hydrogens is 568 g/mol. The Bertz CT molecular complexity index is 1700. The van der Waals surface area contributed by atoms with E-state index < -0.39 is 0 Å². The van der Waals surface area contributed by atoms with Gasteiger partial charge in [-0.25, -0.2) is 9.97 Å². The van der Waals surface area contributed by atoms with E-state index in [1.165, 1.54) is 0 Å². The molecule has 2 aliphatic rings. The first-order valence-electron chi connectivity index (χ1n) is 15.7. The molecule has 0 atom stereocenters. The molecule has 2 saturated heterocycles. The number of carbonyl (C=O) groups is 1. The van der Waals surface area contributed by atoms with Gasteiger partial charge in [-0.3, -0.25) is 14.4 Å². The SMILES string of the molecule is CCOc1ccc(Cn2nc(NC(=O)c3ccc(N4CCC(N5CCOCC5)CC4)nc3)cc2-c2nc3ccccc3[nH]2)cc1. The number of aromatic amines is 1. The van der Waals surface area contributed by atoms with Gasteiger partial charge in [0.1, 0.15) is 17.3 Å². The van der Waals surface area contributed by atoms with Crippen LogP contribution in [0, 0.1) is 0 Å². The molecule has 0 unspecified atom stereocenters. The lowest BCUT2D eigenvalue weighted by Gasteiger charge is -2.40. The molecule has 5 aromatic rings. The second-order valence-electron chi connectivity index (χ2n) is 11.5. The van der Waals surface area contributed by atoms with Gasteiger partial charge in [-0.15, -0.1) is 0 Å². The summed E-state index contributed by atoms with van der Waals surface area (Å²) >= 11 is 0. The van der Waals surface area contributed by atoms with E-state index in [-0.39, 0.29) is 5.91 Å². The molecule has 3 aromatic heterocycles. The first-order valence-corrected chi connectivity index (χ1v) is 15.7. The van der Waals surface area contributed by atoms with Crippen LogP contribution in [-0.2, 0) is 11.3 Å². The van der Waals surface area contributed by atoms with Crippen molar-refractivity contribution in [2.24, 2.45) is 0 Å². The topological polar surface area (TPSA) is 113 Å². The van der Waals surface area contributed by atoms with Crippen molar-refractivity contribution >= 4 is 28.6 Å². The number of hydrogen-bond donors (Lipinski definition) is 2. The number of nitrogens with one attached hydrogen (secondary N) is 2. The number of piperidine rings is 1. The minimum absolute atomic E-state index is 0.262. The average molecular weight is 607 g/mol. The zero-order valence-corrected chi connectivity index (χ0v) is 25.5. The Hall–Kier alpha value is -4.74. The van der Waals surface area contributed by atoms with Crippen LogP contribution in [0.15, 0.2) is 72.9 Å². The van der Waals surface area contributed by atoms with E-state index in [2.05, 4.69) is 25.1 Å². The molecule has 2 fully saturated rings. The predicted molar refractivity (Wildman–Crippen MR) is 174 cm³/mol. The van der Waals surface area contributed by atoms with Gasteiger partial charge >= 0.3 is 0 Å². The molecule has 1 amide bonds. The van der Waals surface area contributed by atoms with Crippen molar-refractivity contribution in [3.05, 3.63) is 84.1 Å². The molecule has 0 saturated carbocycles. The van der Waals surface area contributed by atoms with Gasteiger partial charge in [0.15, 0.2) is 11.6 Å². The highest BCUT2D eigenvalue weighted by molar-refractivity contribution is 6.03. The van der Waals surface area contributed by atoms with E-state index in [9.17, 15) is 4.79 Å². The predicted octanol–water partition coefficient (Wildman–Crippen LogP) is 4.82. The molecule has 2 aromatic carbocycles. The van der Waals surface area contributed by atoms with Crippen molar-refractivity contribution in [1.29, 1.82) is 0 Å². The largest absolute Gasteiger partial charge is 0.494 e. The number of imidazole rings is 1. The number of hydrogen-bond acceptors (Lipinski definition) is 8. The molecule has 45 heavy (non-hydrogen) atoms. The Kier molecular flexibility index (Phi) is 8.44. The van der Waals surface area contributed by atoms with Crippen LogP contribution in [0.3, 0.4) is 0 Å². The quantitative estimate of drug-likeness (QED) is 0.246. The molecule has 0 bridgehead atoms. The van der Waals surface area contributed by atoms with Crippen molar-refractivity contribution in [2.75, 3.05) is 56.2 Å². The minimum Gasteiger partial charge on any atom is -0.494 e. The highest BCUT2D eigenvalue weighted by Crippen LogP contribution is 2.26. The van der Waals surface area contributed by atoms with Crippen LogP contribution in [0.5, 0.6) is 5.75 Å². The highest BCUT2D eigenvalue weighted by Gasteiger charge is 2.26. The van der Waals surface area contributed by atoms with Crippen molar-refractivity contribution < 1.29 is 14.3 Å². The van der Waals surface area contributed by atoms with Crippen molar-refractivity contribution in [1.82, 2.24) is 29.6 Å². The number of H-pyrrole nitrogens is 1. The van der Waals surface area contributed by atoms with Crippen LogP contribution in [0.2, 0.25) is 0 Å². The molecule has 7 rings (SSSR count). The van der Waals surface area contributed by atoms with Gasteiger partial charge in [-0.1, -0.05) is 24.3 Å². The van der Waals surface area contributed by atoms with Gasteiger partial charge in [0.25, 0.3) is 5.91 Å². The summed E-state index contributed by atoms with van der Waals surface area (Å²) < 4.78 is 13.0. The van der Waals surface area contributed by atoms with Gasteiger partial charge in [-0.2, -0.15) is 5.10 Å². The summed E-state index contributed by atoms with van der Waals surface area (Å²) in [5, 5.41) is 7.74. The van der Waals surface area contributed by atoms with Gasteiger partial charge in [-0.05, 0) is 61.7 Å². The molecule has 5 heterocycles. The summed E-state index contributed by atoms with van der Waals surface area (Å²) in [4.78, 5) is 31.0. The van der Waals surface area contributed by atoms with Gasteiger partial charge in [0.05, 0.1) is 43.0 Å². The molecular formula is C34H38N8O3. The lowest BCUT2D eigenvalue weighted by Crippen LogP contribution is -2.49. The number of ether oxygens (including phenoxy) is 2. The lowest BCUT2D eigenvalue weighted by molar-refractivity contribution is 0.0115. The van der Waals surface area contributed by atoms with Gasteiger partial charge in [0.2, 0.25) is 0 Å². The number of benzene rings is 2. The Balaban J connectivity index is 1.05. The Morgan fingerprint density at radius 3 is 2.56 bits per heavy atom. The number of para-hydroxylation sites is 2. The zero-order chi connectivity index (χ0) is 30.6. The number of nitrogens with zero attached hydrogens (tertiary/aromatic N) is 6. The van der Waals surface area contributed by atoms with Crippen molar-refractivity contribution in [3.63, 3.8) is 0 Å². The number of carbonyl (C=O) groups excluding carboxylic acids is 1. The zero-order valence-electron chi connectivity index (χ0n) is 25.5. The molecule has 2 N–H and O–H groups in total. The maximum absolute atomic E-state index is 13.3. The molecule has 2 aliphatic heterocycles. The number of amides is 1. The molecule has 0 aliphatic carbocycles. The molecule has 232 valence electrons. The smallest absolute Gasteiger partial charge is 0.258 e. The summed E-state index contributed by atoms with van der Waals surface area (Å²) in [6, 6.07) is 22.1. The second-order valence-corrected chi connectivity index (χ2v) is 11.5. The first kappa shape index (κ1) is 29.0. The van der Waals surface area contributed by atoms with Crippen LogP contribution in [-0.4, -0.2) is 87.6 Å². The summed E-state index contributed by atoms with van der Waals surface area (Å²) in [5.41, 5.74) is 4.09. The molecule has 0 radical (unpaired) electrons. The van der Waals surface area contributed by atoms with Crippen molar-refractivity contribution in [3.8, 4) is 17.3 Å². The van der Waals surface area contributed by atoms with Crippen molar-refractivity contribution in [2.45, 2.75) is 32.4 Å². The molecule has 11 nitrogen and oxygen atoms in total. The lowest BCUT2D eigenvalue weighted by atomic mass is 10.0. The number of rotatable bonds is 9. The second kappa shape index (κ2) is 13.1. The number of pyridine rings is 1. The highest BCUT2D eigenvalue weighted by atomic mass is 16.5. The first-order chi connectivity index (χ1) is 22.1. The van der Waals surface area contributed by atoms with E-state index in [4.69, 9.17) is 19.6 Å². The number of aromatic nitrogens is 5. The van der Waals surface area contributed by atoms with Gasteiger partial charge in [0, 0.05) is 44.5 Å². The van der Waals surface area contributed by atoms with E-state index in [0.29, 0.717) is 36.4 Å². The Labute approximate surface area is 262 Å². The van der Waals surface area contributed by atoms with E-state index in [1.54, 1.807) is 6.20 Å². The summed E-state index contributed by atoms with van der Waals surface area (Å²) in [6.07, 6.45) is 3.86. The third-order valence-electron chi connectivity index (χ3n) is 8.58. The monoisotopic (exact) mass is 606 g/mol. The van der Waals surface area contributed by atoms with Crippen LogP contribution in [0.1, 0.15) is 35.7 Å². The van der Waals surface area contributed by atoms with E-state index >= 15 is 0 Å². The fourth-order valence-electron chi connectivity index (χ4n) is 6.19. The van der Waals surface area contributed by atoms with Crippen LogP contribution >= 0.6 is 0 Å². The number of anilines is 2. The normalized spacial score (nSPS) is 16.2. The third-order valence-corrected chi connectivity index (χ3v) is 8.58. The fraction of sp³-hybridized carbons (Fsp3) is 0.353. The number of fused-ring (bicyclic) bond motifs is 1. The summed E-state index contributed by atoms with van der Waals surface area (Å²) in [5.74, 6) is 2.58. The maximum atomic E-state index is 13.3. The number of morpholine rings is 1. The standard InChI is InChI=1S/C34H38N8O3/c1-2-45-27-10-7-24(8-11-27)23-42-30(33-36-28-5-3-4-6-29(28)37-33)21-31(39-42)38-34(43)25-9-12-32(35-22-25)41-15-13-26(14-16-41)40-17-19-44-20-18-40/h3-12,21-22,26H,2,13-20,23H2,1H3,(H,36,37)(H,38,39,43). The molecule has 11 heteroatoms.